The fourth-order valence-corrected chi connectivity index (χ4v) is 2.71. The Hall–Kier alpha value is -2.49. The van der Waals surface area contributed by atoms with Crippen LogP contribution >= 0.6 is 12.2 Å². The van der Waals surface area contributed by atoms with E-state index in [9.17, 15) is 13.2 Å². The minimum absolute atomic E-state index is 0.0108. The minimum atomic E-state index is -3.75. The van der Waals surface area contributed by atoms with Gasteiger partial charge < -0.3 is 10.1 Å². The molecule has 0 spiro atoms. The summed E-state index contributed by atoms with van der Waals surface area (Å²) in [5.74, 6) is 0.324. The molecule has 0 fully saturated rings. The van der Waals surface area contributed by atoms with Crippen LogP contribution < -0.4 is 20.5 Å². The molecule has 0 saturated heterocycles. The lowest BCUT2D eigenvalue weighted by atomic mass is 10.2. The summed E-state index contributed by atoms with van der Waals surface area (Å²) in [5, 5.41) is 10.5. The number of rotatable bonds is 6. The van der Waals surface area contributed by atoms with Crippen molar-refractivity contribution in [3.63, 3.8) is 0 Å². The smallest absolute Gasteiger partial charge is 0.257 e. The van der Waals surface area contributed by atoms with Crippen molar-refractivity contribution in [3.8, 4) is 5.75 Å². The molecule has 0 atom stereocenters. The molecule has 2 rings (SSSR count). The van der Waals surface area contributed by atoms with E-state index in [-0.39, 0.29) is 15.9 Å². The van der Waals surface area contributed by atoms with E-state index in [1.54, 1.807) is 24.3 Å². The van der Waals surface area contributed by atoms with Crippen LogP contribution in [0.1, 0.15) is 23.7 Å². The van der Waals surface area contributed by atoms with Gasteiger partial charge in [-0.05, 0) is 67.2 Å². The van der Waals surface area contributed by atoms with E-state index in [0.717, 1.165) is 6.42 Å². The lowest BCUT2D eigenvalue weighted by molar-refractivity contribution is 0.0977. The zero-order chi connectivity index (χ0) is 19.2. The first-order valence-corrected chi connectivity index (χ1v) is 9.73. The highest BCUT2D eigenvalue weighted by Gasteiger charge is 2.10. The van der Waals surface area contributed by atoms with Gasteiger partial charge in [0.2, 0.25) is 10.0 Å². The van der Waals surface area contributed by atoms with Gasteiger partial charge >= 0.3 is 0 Å². The van der Waals surface area contributed by atoms with Crippen molar-refractivity contribution in [2.45, 2.75) is 18.2 Å². The van der Waals surface area contributed by atoms with Gasteiger partial charge in [0.1, 0.15) is 5.75 Å². The van der Waals surface area contributed by atoms with Crippen molar-refractivity contribution in [2.75, 3.05) is 11.9 Å². The number of carbonyl (C=O) groups excluding carboxylic acids is 1. The van der Waals surface area contributed by atoms with Crippen LogP contribution in [0.15, 0.2) is 53.4 Å². The standard InChI is InChI=1S/C17H19N3O4S2/c1-2-11-24-14-7-3-12(4-8-14)16(21)20-17(25)19-13-5-9-15(10-6-13)26(18,22)23/h3-10H,2,11H2,1H3,(H2,18,22,23)(H2,19,20,21,25). The highest BCUT2D eigenvalue weighted by Crippen LogP contribution is 2.14. The van der Waals surface area contributed by atoms with Crippen LogP contribution in [0.2, 0.25) is 0 Å². The number of ether oxygens (including phenoxy) is 1. The van der Waals surface area contributed by atoms with Crippen LogP contribution in [-0.4, -0.2) is 26.0 Å². The van der Waals surface area contributed by atoms with Gasteiger partial charge in [-0.1, -0.05) is 6.92 Å². The molecule has 4 N–H and O–H groups in total. The van der Waals surface area contributed by atoms with Gasteiger partial charge in [-0.2, -0.15) is 0 Å². The lowest BCUT2D eigenvalue weighted by Gasteiger charge is -2.10. The van der Waals surface area contributed by atoms with Crippen LogP contribution in [-0.2, 0) is 10.0 Å². The van der Waals surface area contributed by atoms with Gasteiger partial charge in [-0.3, -0.25) is 10.1 Å². The molecule has 2 aromatic rings. The maximum Gasteiger partial charge on any atom is 0.257 e. The predicted octanol–water partition coefficient (Wildman–Crippen LogP) is 2.25. The second kappa shape index (κ2) is 8.75. The van der Waals surface area contributed by atoms with Gasteiger partial charge in [0, 0.05) is 11.3 Å². The Morgan fingerprint density at radius 1 is 1.12 bits per heavy atom. The average molecular weight is 393 g/mol. The predicted molar refractivity (Wildman–Crippen MR) is 104 cm³/mol. The number of nitrogens with two attached hydrogens (primary N) is 1. The van der Waals surface area contributed by atoms with E-state index in [0.29, 0.717) is 23.6 Å². The molecular weight excluding hydrogens is 374 g/mol. The van der Waals surface area contributed by atoms with Gasteiger partial charge in [-0.15, -0.1) is 0 Å². The van der Waals surface area contributed by atoms with Gasteiger partial charge in [-0.25, -0.2) is 13.6 Å². The quantitative estimate of drug-likeness (QED) is 0.649. The Morgan fingerprint density at radius 3 is 2.27 bits per heavy atom. The number of carbonyl (C=O) groups is 1. The van der Waals surface area contributed by atoms with Gasteiger partial charge in [0.15, 0.2) is 5.11 Å². The number of hydrogen-bond acceptors (Lipinski definition) is 5. The molecule has 0 unspecified atom stereocenters. The molecule has 0 heterocycles. The Bertz CT molecular complexity index is 879. The summed E-state index contributed by atoms with van der Waals surface area (Å²) in [6.07, 6.45) is 0.903. The second-order valence-corrected chi connectivity index (χ2v) is 7.32. The van der Waals surface area contributed by atoms with Crippen molar-refractivity contribution in [1.82, 2.24) is 5.32 Å². The van der Waals surface area contributed by atoms with Gasteiger partial charge in [0.25, 0.3) is 5.91 Å². The third-order valence-electron chi connectivity index (χ3n) is 3.26. The van der Waals surface area contributed by atoms with Crippen LogP contribution in [0, 0.1) is 0 Å². The van der Waals surface area contributed by atoms with Crippen molar-refractivity contribution < 1.29 is 17.9 Å². The third kappa shape index (κ3) is 5.80. The van der Waals surface area contributed by atoms with Crippen LogP contribution in [0.25, 0.3) is 0 Å². The molecule has 2 aromatic carbocycles. The van der Waals surface area contributed by atoms with Crippen molar-refractivity contribution in [1.29, 1.82) is 0 Å². The van der Waals surface area contributed by atoms with E-state index in [2.05, 4.69) is 10.6 Å². The number of anilines is 1. The van der Waals surface area contributed by atoms with Crippen LogP contribution in [0.3, 0.4) is 0 Å². The van der Waals surface area contributed by atoms with E-state index in [4.69, 9.17) is 22.1 Å². The SMILES string of the molecule is CCCOc1ccc(C(=O)NC(=S)Nc2ccc(S(N)(=O)=O)cc2)cc1. The molecule has 0 aliphatic rings. The maximum absolute atomic E-state index is 12.2. The zero-order valence-corrected chi connectivity index (χ0v) is 15.7. The Labute approximate surface area is 157 Å². The molecule has 0 saturated carbocycles. The summed E-state index contributed by atoms with van der Waals surface area (Å²) < 4.78 is 27.9. The molecule has 0 aliphatic heterocycles. The number of benzene rings is 2. The number of sulfonamides is 1. The molecule has 0 aromatic heterocycles. The second-order valence-electron chi connectivity index (χ2n) is 5.35. The summed E-state index contributed by atoms with van der Waals surface area (Å²) in [6.45, 7) is 2.63. The monoisotopic (exact) mass is 393 g/mol. The third-order valence-corrected chi connectivity index (χ3v) is 4.39. The first kappa shape index (κ1) is 19.8. The van der Waals surface area contributed by atoms with E-state index < -0.39 is 10.0 Å². The molecule has 0 aliphatic carbocycles. The Balaban J connectivity index is 1.93. The molecule has 138 valence electrons. The number of thiocarbonyl (C=S) groups is 1. The molecule has 0 bridgehead atoms. The van der Waals surface area contributed by atoms with Crippen molar-refractivity contribution in [2.24, 2.45) is 5.14 Å². The summed E-state index contributed by atoms with van der Waals surface area (Å²) >= 11 is 5.09. The highest BCUT2D eigenvalue weighted by molar-refractivity contribution is 7.89. The summed E-state index contributed by atoms with van der Waals surface area (Å²) in [4.78, 5) is 12.2. The topological polar surface area (TPSA) is 111 Å². The van der Waals surface area contributed by atoms with E-state index >= 15 is 0 Å². The normalized spacial score (nSPS) is 10.8. The Morgan fingerprint density at radius 2 is 1.73 bits per heavy atom. The summed E-state index contributed by atoms with van der Waals surface area (Å²) in [5.41, 5.74) is 0.952. The Kier molecular flexibility index (Phi) is 6.67. The summed E-state index contributed by atoms with van der Waals surface area (Å²) in [7, 11) is -3.75. The lowest BCUT2D eigenvalue weighted by Crippen LogP contribution is -2.34. The number of amides is 1. The van der Waals surface area contributed by atoms with Gasteiger partial charge in [0.05, 0.1) is 11.5 Å². The maximum atomic E-state index is 12.2. The first-order valence-electron chi connectivity index (χ1n) is 7.77. The van der Waals surface area contributed by atoms with Crippen LogP contribution in [0.4, 0.5) is 5.69 Å². The van der Waals surface area contributed by atoms with E-state index in [1.165, 1.54) is 24.3 Å². The fourth-order valence-electron chi connectivity index (χ4n) is 1.99. The fraction of sp³-hybridized carbons (Fsp3) is 0.176. The average Bonchev–Trinajstić information content (AvgIpc) is 2.60. The van der Waals surface area contributed by atoms with E-state index in [1.807, 2.05) is 6.92 Å². The molecule has 7 nitrogen and oxygen atoms in total. The molecule has 9 heteroatoms. The largest absolute Gasteiger partial charge is 0.494 e. The number of nitrogens with one attached hydrogen (secondary N) is 2. The minimum Gasteiger partial charge on any atom is -0.494 e. The number of primary sulfonamides is 1. The van der Waals surface area contributed by atoms with Crippen molar-refractivity contribution in [3.05, 3.63) is 54.1 Å². The molecule has 0 radical (unpaired) electrons. The number of hydrogen-bond donors (Lipinski definition) is 3. The molecule has 1 amide bonds. The molecular formula is C17H19N3O4S2. The zero-order valence-electron chi connectivity index (χ0n) is 14.1. The first-order chi connectivity index (χ1) is 12.3. The van der Waals surface area contributed by atoms with Crippen LogP contribution in [0.5, 0.6) is 5.75 Å². The molecule has 26 heavy (non-hydrogen) atoms. The summed E-state index contributed by atoms with van der Waals surface area (Å²) in [6, 6.07) is 12.4. The highest BCUT2D eigenvalue weighted by atomic mass is 32.2. The van der Waals surface area contributed by atoms with Crippen molar-refractivity contribution >= 4 is 38.9 Å².